The number of hydrazone groups is 1. The first-order chi connectivity index (χ1) is 13.3. The summed E-state index contributed by atoms with van der Waals surface area (Å²) in [5, 5.41) is 17.1. The molecule has 0 aromatic heterocycles. The lowest BCUT2D eigenvalue weighted by atomic mass is 10.0. The number of nitro benzene ring substituents is 1. The number of hydrogen-bond acceptors (Lipinski definition) is 5. The van der Waals surface area contributed by atoms with Crippen LogP contribution in [0.5, 0.6) is 0 Å². The Morgan fingerprint density at radius 3 is 2.46 bits per heavy atom. The minimum atomic E-state index is -0.875. The summed E-state index contributed by atoms with van der Waals surface area (Å²) in [6, 6.07) is 9.83. The predicted molar refractivity (Wildman–Crippen MR) is 101 cm³/mol. The van der Waals surface area contributed by atoms with E-state index in [1.807, 2.05) is 0 Å². The highest BCUT2D eigenvalue weighted by Crippen LogP contribution is 2.11. The molecule has 0 aliphatic heterocycles. The lowest BCUT2D eigenvalue weighted by molar-refractivity contribution is -0.384. The van der Waals surface area contributed by atoms with Crippen LogP contribution in [-0.4, -0.2) is 29.0 Å². The molecule has 0 bridgehead atoms. The van der Waals surface area contributed by atoms with E-state index in [0.717, 1.165) is 12.1 Å². The molecular weight excluding hydrogens is 367 g/mol. The number of hydrogen-bond donors (Lipinski definition) is 2. The molecule has 0 radical (unpaired) electrons. The average Bonchev–Trinajstić information content (AvgIpc) is 2.66. The number of nitrogens with one attached hydrogen (secondary N) is 2. The molecule has 2 N–H and O–H groups in total. The van der Waals surface area contributed by atoms with Gasteiger partial charge in [0.15, 0.2) is 0 Å². The molecule has 1 atom stereocenters. The number of carbonyl (C=O) groups excluding carboxylic acids is 2. The molecule has 0 saturated carbocycles. The van der Waals surface area contributed by atoms with E-state index in [4.69, 9.17) is 0 Å². The molecule has 2 rings (SSSR count). The van der Waals surface area contributed by atoms with Crippen LogP contribution < -0.4 is 10.7 Å². The zero-order valence-corrected chi connectivity index (χ0v) is 15.3. The largest absolute Gasteiger partial charge is 0.340 e. The zero-order valence-electron chi connectivity index (χ0n) is 15.3. The minimum Gasteiger partial charge on any atom is -0.340 e. The highest BCUT2D eigenvalue weighted by atomic mass is 19.1. The fourth-order valence-electron chi connectivity index (χ4n) is 2.32. The van der Waals surface area contributed by atoms with Crippen molar-refractivity contribution < 1.29 is 18.9 Å². The molecule has 28 heavy (non-hydrogen) atoms. The lowest BCUT2D eigenvalue weighted by Gasteiger charge is -2.20. The molecule has 0 spiro atoms. The molecule has 0 heterocycles. The first kappa shape index (κ1) is 20.7. The van der Waals surface area contributed by atoms with Gasteiger partial charge in [-0.3, -0.25) is 19.7 Å². The molecule has 8 nitrogen and oxygen atoms in total. The van der Waals surface area contributed by atoms with Crippen molar-refractivity contribution in [3.8, 4) is 0 Å². The molecule has 0 aliphatic carbocycles. The second kappa shape index (κ2) is 9.36. The van der Waals surface area contributed by atoms with E-state index in [0.29, 0.717) is 5.56 Å². The number of amides is 2. The van der Waals surface area contributed by atoms with E-state index in [1.165, 1.54) is 36.5 Å². The summed E-state index contributed by atoms with van der Waals surface area (Å²) in [7, 11) is 0. The molecule has 2 amide bonds. The van der Waals surface area contributed by atoms with E-state index in [9.17, 15) is 24.1 Å². The third kappa shape index (κ3) is 5.70. The third-order valence-electron chi connectivity index (χ3n) is 3.81. The first-order valence-corrected chi connectivity index (χ1v) is 8.41. The zero-order chi connectivity index (χ0) is 20.7. The number of rotatable bonds is 7. The molecule has 2 aromatic rings. The number of carbonyl (C=O) groups is 2. The second-order valence-corrected chi connectivity index (χ2v) is 6.29. The molecule has 0 aliphatic rings. The van der Waals surface area contributed by atoms with Crippen LogP contribution in [0.3, 0.4) is 0 Å². The monoisotopic (exact) mass is 386 g/mol. The summed E-state index contributed by atoms with van der Waals surface area (Å²) < 4.78 is 13.0. The van der Waals surface area contributed by atoms with Gasteiger partial charge in [-0.2, -0.15) is 5.10 Å². The lowest BCUT2D eigenvalue weighted by Crippen LogP contribution is -2.48. The van der Waals surface area contributed by atoms with Crippen molar-refractivity contribution in [2.24, 2.45) is 11.0 Å². The number of benzene rings is 2. The molecule has 0 saturated heterocycles. The van der Waals surface area contributed by atoms with E-state index in [1.54, 1.807) is 19.9 Å². The first-order valence-electron chi connectivity index (χ1n) is 8.41. The standard InChI is InChI=1S/C19H19FN4O4/c1-12(2)17(22-18(25)14-6-8-15(20)9-7-14)19(26)23-21-11-13-4-3-5-16(10-13)24(27)28/h3-12,17H,1-2H3,(H,22,25)(H,23,26). The normalized spacial score (nSPS) is 12.0. The maximum atomic E-state index is 13.0. The Morgan fingerprint density at radius 2 is 1.86 bits per heavy atom. The van der Waals surface area contributed by atoms with Crippen LogP contribution in [0, 0.1) is 21.8 Å². The molecule has 146 valence electrons. The van der Waals surface area contributed by atoms with Crippen molar-refractivity contribution in [2.75, 3.05) is 0 Å². The van der Waals surface area contributed by atoms with Gasteiger partial charge in [0.05, 0.1) is 11.1 Å². The Kier molecular flexibility index (Phi) is 6.91. The summed E-state index contributed by atoms with van der Waals surface area (Å²) in [4.78, 5) is 34.9. The maximum absolute atomic E-state index is 13.0. The van der Waals surface area contributed by atoms with Gasteiger partial charge < -0.3 is 5.32 Å². The van der Waals surface area contributed by atoms with Gasteiger partial charge in [0, 0.05) is 23.3 Å². The Balaban J connectivity index is 2.02. The maximum Gasteiger partial charge on any atom is 0.270 e. The van der Waals surface area contributed by atoms with Crippen LogP contribution in [0.1, 0.15) is 29.8 Å². The summed E-state index contributed by atoms with van der Waals surface area (Å²) >= 11 is 0. The van der Waals surface area contributed by atoms with E-state index in [-0.39, 0.29) is 17.2 Å². The van der Waals surface area contributed by atoms with Crippen LogP contribution in [-0.2, 0) is 4.79 Å². The van der Waals surface area contributed by atoms with Crippen LogP contribution in [0.4, 0.5) is 10.1 Å². The Labute approximate surface area is 160 Å². The van der Waals surface area contributed by atoms with Crippen molar-refractivity contribution in [2.45, 2.75) is 19.9 Å². The number of halogens is 1. The van der Waals surface area contributed by atoms with Crippen molar-refractivity contribution in [1.82, 2.24) is 10.7 Å². The Bertz CT molecular complexity index is 897. The van der Waals surface area contributed by atoms with Crippen LogP contribution in [0.2, 0.25) is 0 Å². The molecule has 0 fully saturated rings. The second-order valence-electron chi connectivity index (χ2n) is 6.29. The number of nitro groups is 1. The highest BCUT2D eigenvalue weighted by Gasteiger charge is 2.24. The smallest absolute Gasteiger partial charge is 0.270 e. The van der Waals surface area contributed by atoms with Gasteiger partial charge in [-0.05, 0) is 30.2 Å². The number of nitrogens with zero attached hydrogens (tertiary/aromatic N) is 2. The van der Waals surface area contributed by atoms with Gasteiger partial charge in [-0.1, -0.05) is 26.0 Å². The number of non-ortho nitro benzene ring substituents is 1. The predicted octanol–water partition coefficient (Wildman–Crippen LogP) is 2.64. The fourth-order valence-corrected chi connectivity index (χ4v) is 2.32. The van der Waals surface area contributed by atoms with Crippen molar-refractivity contribution in [3.63, 3.8) is 0 Å². The van der Waals surface area contributed by atoms with Crippen LogP contribution in [0.15, 0.2) is 53.6 Å². The van der Waals surface area contributed by atoms with E-state index < -0.39 is 28.6 Å². The highest BCUT2D eigenvalue weighted by molar-refractivity contribution is 5.97. The third-order valence-corrected chi connectivity index (χ3v) is 3.81. The van der Waals surface area contributed by atoms with Gasteiger partial charge >= 0.3 is 0 Å². The fraction of sp³-hybridized carbons (Fsp3) is 0.211. The minimum absolute atomic E-state index is 0.0955. The van der Waals surface area contributed by atoms with Crippen LogP contribution in [0.25, 0.3) is 0 Å². The summed E-state index contributed by atoms with van der Waals surface area (Å²) in [5.74, 6) is -1.77. The van der Waals surface area contributed by atoms with E-state index in [2.05, 4.69) is 15.8 Å². The average molecular weight is 386 g/mol. The summed E-state index contributed by atoms with van der Waals surface area (Å²) in [5.41, 5.74) is 2.88. The summed E-state index contributed by atoms with van der Waals surface area (Å²) in [6.07, 6.45) is 1.27. The van der Waals surface area contributed by atoms with Gasteiger partial charge in [0.25, 0.3) is 17.5 Å². The Hall–Kier alpha value is -3.62. The quantitative estimate of drug-likeness (QED) is 0.432. The van der Waals surface area contributed by atoms with Gasteiger partial charge in [0.1, 0.15) is 11.9 Å². The summed E-state index contributed by atoms with van der Waals surface area (Å²) in [6.45, 7) is 3.50. The SMILES string of the molecule is CC(C)C(NC(=O)c1ccc(F)cc1)C(=O)NN=Cc1cccc([N+](=O)[O-])c1. The van der Waals surface area contributed by atoms with Crippen molar-refractivity contribution >= 4 is 23.7 Å². The van der Waals surface area contributed by atoms with Gasteiger partial charge in [-0.15, -0.1) is 0 Å². The topological polar surface area (TPSA) is 114 Å². The van der Waals surface area contributed by atoms with Crippen molar-refractivity contribution in [3.05, 3.63) is 75.6 Å². The molecule has 9 heteroatoms. The molecular formula is C19H19FN4O4. The van der Waals surface area contributed by atoms with Crippen molar-refractivity contribution in [1.29, 1.82) is 0 Å². The molecule has 1 unspecified atom stereocenters. The Morgan fingerprint density at radius 1 is 1.18 bits per heavy atom. The molecule has 2 aromatic carbocycles. The van der Waals surface area contributed by atoms with Gasteiger partial charge in [0.2, 0.25) is 0 Å². The van der Waals surface area contributed by atoms with E-state index >= 15 is 0 Å². The van der Waals surface area contributed by atoms with Crippen LogP contribution >= 0.6 is 0 Å². The van der Waals surface area contributed by atoms with Gasteiger partial charge in [-0.25, -0.2) is 9.82 Å².